The monoisotopic (exact) mass is 881 g/mol. The third-order valence-corrected chi connectivity index (χ3v) is 12.5. The minimum absolute atomic E-state index is 0. The maximum atomic E-state index is 3.31. The van der Waals surface area contributed by atoms with Crippen LogP contribution in [0.25, 0.3) is 54.9 Å². The van der Waals surface area contributed by atoms with Crippen molar-refractivity contribution in [3.05, 3.63) is 180 Å². The number of hydrogen-bond donors (Lipinski definition) is 0. The van der Waals surface area contributed by atoms with E-state index in [0.29, 0.717) is 11.8 Å². The fourth-order valence-electron chi connectivity index (χ4n) is 7.50. The average molecular weight is 881 g/mol. The van der Waals surface area contributed by atoms with Crippen molar-refractivity contribution in [2.75, 3.05) is 0 Å². The summed E-state index contributed by atoms with van der Waals surface area (Å²) in [6, 6.07) is 58.2. The Labute approximate surface area is 344 Å². The van der Waals surface area contributed by atoms with Crippen LogP contribution in [0.2, 0.25) is 0 Å². The summed E-state index contributed by atoms with van der Waals surface area (Å²) >= 11 is 0. The van der Waals surface area contributed by atoms with Gasteiger partial charge in [0.05, 0.1) is 9.52 Å². The molecule has 1 heterocycles. The van der Waals surface area contributed by atoms with Crippen LogP contribution < -0.4 is 10.4 Å². The smallest absolute Gasteiger partial charge is 0.0920 e. The standard InChI is InChI=1S/2C20H21.C12H7Si.Hf/c2*1-4-14(2)17-12-16-9-7-11-19(20(16)13-17)18-10-6-5-8-15(18)3;1-3-7-11-9(5-1)10-6-2-4-8-12(10)13-11;/h2*5-14H,4H2,1-3H3;1-7H;/q3*-1;. The predicted octanol–water partition coefficient (Wildman–Crippen LogP) is 13.2. The molecule has 9 rings (SSSR count). The normalized spacial score (nSPS) is 12.4. The van der Waals surface area contributed by atoms with E-state index in [1.165, 1.54) is 100 Å². The largest absolute Gasteiger partial charge is 0.184 e. The van der Waals surface area contributed by atoms with Gasteiger partial charge in [0.2, 0.25) is 0 Å². The molecule has 268 valence electrons. The van der Waals surface area contributed by atoms with Gasteiger partial charge in [-0.2, -0.15) is 41.6 Å². The summed E-state index contributed by atoms with van der Waals surface area (Å²) in [5.74, 6) is 1.26. The van der Waals surface area contributed by atoms with E-state index in [4.69, 9.17) is 0 Å². The van der Waals surface area contributed by atoms with Gasteiger partial charge in [-0.1, -0.05) is 147 Å². The number of benzene rings is 6. The molecule has 0 saturated carbocycles. The molecule has 0 spiro atoms. The van der Waals surface area contributed by atoms with Gasteiger partial charge in [-0.25, -0.2) is 0 Å². The molecule has 0 aromatic heterocycles. The van der Waals surface area contributed by atoms with Crippen LogP contribution in [0.3, 0.4) is 0 Å². The van der Waals surface area contributed by atoms with Gasteiger partial charge in [-0.15, -0.1) is 74.6 Å². The first-order chi connectivity index (χ1) is 25.9. The Morgan fingerprint density at radius 2 is 0.963 bits per heavy atom. The van der Waals surface area contributed by atoms with Crippen LogP contribution in [-0.2, 0) is 25.8 Å². The molecule has 54 heavy (non-hydrogen) atoms. The molecule has 0 bridgehead atoms. The molecular formula is C52H49HfSi-3. The van der Waals surface area contributed by atoms with Crippen molar-refractivity contribution in [3.8, 4) is 33.4 Å². The first-order valence-corrected chi connectivity index (χ1v) is 20.2. The summed E-state index contributed by atoms with van der Waals surface area (Å²) in [6.45, 7) is 13.5. The van der Waals surface area contributed by atoms with E-state index in [-0.39, 0.29) is 25.8 Å². The molecule has 1 aliphatic heterocycles. The van der Waals surface area contributed by atoms with Gasteiger partial charge in [-0.05, 0) is 47.9 Å². The summed E-state index contributed by atoms with van der Waals surface area (Å²) in [5, 5.41) is 8.32. The molecule has 8 aromatic rings. The minimum atomic E-state index is 0. The Balaban J connectivity index is 0.000000140. The second kappa shape index (κ2) is 17.8. The zero-order valence-corrected chi connectivity index (χ0v) is 37.1. The first kappa shape index (κ1) is 39.3. The maximum Gasteiger partial charge on any atom is 0.0920 e. The molecule has 8 aromatic carbocycles. The number of aryl methyl sites for hydroxylation is 2. The van der Waals surface area contributed by atoms with Gasteiger partial charge >= 0.3 is 0 Å². The second-order valence-corrected chi connectivity index (χ2v) is 15.9. The fourth-order valence-corrected chi connectivity index (χ4v) is 8.81. The van der Waals surface area contributed by atoms with E-state index in [9.17, 15) is 0 Å². The van der Waals surface area contributed by atoms with Gasteiger partial charge < -0.3 is 0 Å². The molecule has 0 amide bonds. The second-order valence-electron chi connectivity index (χ2n) is 14.6. The molecule has 0 nitrogen and oxygen atoms in total. The Morgan fingerprint density at radius 1 is 0.519 bits per heavy atom. The summed E-state index contributed by atoms with van der Waals surface area (Å²) < 4.78 is 0. The van der Waals surface area contributed by atoms with Gasteiger partial charge in [0.25, 0.3) is 0 Å². The summed E-state index contributed by atoms with van der Waals surface area (Å²) in [4.78, 5) is 0. The van der Waals surface area contributed by atoms with E-state index in [1.807, 2.05) is 6.07 Å². The summed E-state index contributed by atoms with van der Waals surface area (Å²) in [6.07, 6.45) is 2.38. The van der Waals surface area contributed by atoms with Gasteiger partial charge in [-0.3, -0.25) is 0 Å². The SMILES string of the molecule is CCC(C)c1cc2c(-c3ccccc3C)cccc2[cH-]1.CCC(C)c1cc2c(-c3ccccc3C)cccc2[cH-]1.[Hf].[c-]1cccc2c1[Si]c1ccccc1-2. The predicted molar refractivity (Wildman–Crippen MR) is 233 cm³/mol. The molecular weight excluding hydrogens is 831 g/mol. The van der Waals surface area contributed by atoms with Crippen LogP contribution in [0, 0.1) is 19.9 Å². The van der Waals surface area contributed by atoms with Crippen molar-refractivity contribution < 1.29 is 25.8 Å². The van der Waals surface area contributed by atoms with Crippen molar-refractivity contribution in [2.24, 2.45) is 0 Å². The van der Waals surface area contributed by atoms with Crippen LogP contribution in [0.4, 0.5) is 0 Å². The minimum Gasteiger partial charge on any atom is -0.184 e. The Hall–Kier alpha value is -4.37. The van der Waals surface area contributed by atoms with E-state index in [1.54, 1.807) is 0 Å². The van der Waals surface area contributed by atoms with Crippen LogP contribution in [-0.4, -0.2) is 9.52 Å². The quantitative estimate of drug-likeness (QED) is 0.115. The zero-order valence-electron chi connectivity index (χ0n) is 32.5. The van der Waals surface area contributed by atoms with Gasteiger partial charge in [0, 0.05) is 25.8 Å². The molecule has 0 saturated heterocycles. The van der Waals surface area contributed by atoms with Crippen molar-refractivity contribution >= 4 is 41.4 Å². The fraction of sp³-hybridized carbons (Fsp3) is 0.192. The molecule has 2 heteroatoms. The Bertz CT molecular complexity index is 2300. The van der Waals surface area contributed by atoms with E-state index < -0.39 is 0 Å². The topological polar surface area (TPSA) is 0 Å². The van der Waals surface area contributed by atoms with Gasteiger partial charge in [0.1, 0.15) is 0 Å². The molecule has 2 unspecified atom stereocenters. The molecule has 2 atom stereocenters. The molecule has 0 N–H and O–H groups in total. The molecule has 2 radical (unpaired) electrons. The number of hydrogen-bond acceptors (Lipinski definition) is 0. The third-order valence-electron chi connectivity index (χ3n) is 11.1. The maximum absolute atomic E-state index is 3.31. The summed E-state index contributed by atoms with van der Waals surface area (Å²) in [5.41, 5.74) is 13.8. The Morgan fingerprint density at radius 3 is 1.46 bits per heavy atom. The van der Waals surface area contributed by atoms with Crippen molar-refractivity contribution in [1.29, 1.82) is 0 Å². The van der Waals surface area contributed by atoms with Crippen LogP contribution in [0.15, 0.2) is 152 Å². The van der Waals surface area contributed by atoms with Crippen LogP contribution >= 0.6 is 0 Å². The zero-order chi connectivity index (χ0) is 36.9. The molecule has 0 fully saturated rings. The van der Waals surface area contributed by atoms with E-state index in [0.717, 1.165) is 9.52 Å². The number of rotatable bonds is 6. The average Bonchev–Trinajstić information content (AvgIpc) is 3.94. The Kier molecular flexibility index (Phi) is 13.0. The van der Waals surface area contributed by atoms with Crippen LogP contribution in [0.1, 0.15) is 74.6 Å². The summed E-state index contributed by atoms with van der Waals surface area (Å²) in [7, 11) is 0.795. The van der Waals surface area contributed by atoms with Crippen molar-refractivity contribution in [1.82, 2.24) is 0 Å². The van der Waals surface area contributed by atoms with Crippen molar-refractivity contribution in [2.45, 2.75) is 66.2 Å². The number of fused-ring (bicyclic) bond motifs is 5. The van der Waals surface area contributed by atoms with E-state index in [2.05, 4.69) is 193 Å². The van der Waals surface area contributed by atoms with Gasteiger partial charge in [0.15, 0.2) is 0 Å². The molecule has 0 aliphatic carbocycles. The van der Waals surface area contributed by atoms with E-state index >= 15 is 0 Å². The van der Waals surface area contributed by atoms with Crippen molar-refractivity contribution in [3.63, 3.8) is 0 Å². The van der Waals surface area contributed by atoms with Crippen LogP contribution in [0.5, 0.6) is 0 Å². The first-order valence-electron chi connectivity index (χ1n) is 19.2. The third kappa shape index (κ3) is 8.31. The molecule has 1 aliphatic rings.